The molecular weight excluding hydrogens is 187 g/mol. The van der Waals surface area contributed by atoms with Gasteiger partial charge < -0.3 is 5.11 Å². The van der Waals surface area contributed by atoms with Crippen molar-refractivity contribution in [1.29, 1.82) is 0 Å². The molecule has 0 aliphatic heterocycles. The summed E-state index contributed by atoms with van der Waals surface area (Å²) in [5.41, 5.74) is 0.224. The SMILES string of the molecule is Oc1ccc(F)c(C#CCCS)c1. The van der Waals surface area contributed by atoms with Gasteiger partial charge in [0.2, 0.25) is 0 Å². The molecule has 0 bridgehead atoms. The lowest BCUT2D eigenvalue weighted by atomic mass is 10.2. The number of aromatic hydroxyl groups is 1. The molecule has 0 unspecified atom stereocenters. The van der Waals surface area contributed by atoms with Crippen LogP contribution in [0.15, 0.2) is 18.2 Å². The lowest BCUT2D eigenvalue weighted by Gasteiger charge is -1.94. The molecule has 1 aromatic carbocycles. The van der Waals surface area contributed by atoms with E-state index in [4.69, 9.17) is 5.11 Å². The van der Waals surface area contributed by atoms with E-state index >= 15 is 0 Å². The molecule has 0 spiro atoms. The largest absolute Gasteiger partial charge is 0.508 e. The van der Waals surface area contributed by atoms with Crippen molar-refractivity contribution in [1.82, 2.24) is 0 Å². The smallest absolute Gasteiger partial charge is 0.139 e. The molecule has 0 atom stereocenters. The molecule has 0 aliphatic rings. The highest BCUT2D eigenvalue weighted by Gasteiger charge is 1.98. The maximum Gasteiger partial charge on any atom is 0.139 e. The summed E-state index contributed by atoms with van der Waals surface area (Å²) in [6.45, 7) is 0. The first kappa shape index (κ1) is 9.94. The summed E-state index contributed by atoms with van der Waals surface area (Å²) in [6, 6.07) is 3.79. The zero-order valence-electron chi connectivity index (χ0n) is 6.92. The molecule has 0 saturated carbocycles. The number of phenols is 1. The van der Waals surface area contributed by atoms with Crippen molar-refractivity contribution >= 4 is 12.6 Å². The number of halogens is 1. The molecule has 1 rings (SSSR count). The van der Waals surface area contributed by atoms with Crippen molar-refractivity contribution < 1.29 is 9.50 Å². The summed E-state index contributed by atoms with van der Waals surface area (Å²) >= 11 is 3.97. The molecule has 13 heavy (non-hydrogen) atoms. The highest BCUT2D eigenvalue weighted by atomic mass is 32.1. The molecular formula is C10H9FOS. The first-order valence-electron chi connectivity index (χ1n) is 3.82. The van der Waals surface area contributed by atoms with Gasteiger partial charge in [0.1, 0.15) is 11.6 Å². The summed E-state index contributed by atoms with van der Waals surface area (Å²) in [5, 5.41) is 9.04. The van der Waals surface area contributed by atoms with Gasteiger partial charge in [-0.25, -0.2) is 4.39 Å². The molecule has 1 aromatic rings. The van der Waals surface area contributed by atoms with E-state index in [1.54, 1.807) is 0 Å². The third kappa shape index (κ3) is 3.00. The summed E-state index contributed by atoms with van der Waals surface area (Å²) < 4.78 is 13.0. The molecule has 0 radical (unpaired) electrons. The van der Waals surface area contributed by atoms with Gasteiger partial charge in [-0.3, -0.25) is 0 Å². The molecule has 0 aliphatic carbocycles. The number of hydrogen-bond donors (Lipinski definition) is 2. The van der Waals surface area contributed by atoms with Gasteiger partial charge in [-0.05, 0) is 18.2 Å². The molecule has 0 aromatic heterocycles. The van der Waals surface area contributed by atoms with Crippen LogP contribution in [0.1, 0.15) is 12.0 Å². The van der Waals surface area contributed by atoms with Crippen LogP contribution < -0.4 is 0 Å². The lowest BCUT2D eigenvalue weighted by molar-refractivity contribution is 0.472. The van der Waals surface area contributed by atoms with Crippen molar-refractivity contribution in [3.63, 3.8) is 0 Å². The Morgan fingerprint density at radius 3 is 2.92 bits per heavy atom. The Labute approximate surface area is 82.0 Å². The standard InChI is InChI=1S/C10H9FOS/c11-10-5-4-9(12)7-8(10)3-1-2-6-13/h4-5,7,12-13H,2,6H2. The molecule has 1 nitrogen and oxygen atoms in total. The first-order chi connectivity index (χ1) is 6.24. The van der Waals surface area contributed by atoms with Gasteiger partial charge in [0.15, 0.2) is 0 Å². The minimum absolute atomic E-state index is 0.0246. The Bertz CT molecular complexity index is 352. The fraction of sp³-hybridized carbons (Fsp3) is 0.200. The Hall–Kier alpha value is -1.14. The molecule has 0 saturated heterocycles. The van der Waals surface area contributed by atoms with Gasteiger partial charge in [0.05, 0.1) is 5.56 Å². The first-order valence-corrected chi connectivity index (χ1v) is 4.45. The van der Waals surface area contributed by atoms with E-state index in [1.165, 1.54) is 18.2 Å². The van der Waals surface area contributed by atoms with E-state index in [0.29, 0.717) is 12.2 Å². The Morgan fingerprint density at radius 1 is 1.46 bits per heavy atom. The van der Waals surface area contributed by atoms with Gasteiger partial charge >= 0.3 is 0 Å². The second-order valence-corrected chi connectivity index (χ2v) is 2.89. The van der Waals surface area contributed by atoms with E-state index in [-0.39, 0.29) is 11.3 Å². The third-order valence-electron chi connectivity index (χ3n) is 1.41. The highest BCUT2D eigenvalue weighted by molar-refractivity contribution is 7.80. The van der Waals surface area contributed by atoms with Crippen molar-refractivity contribution in [2.24, 2.45) is 0 Å². The molecule has 0 fully saturated rings. The van der Waals surface area contributed by atoms with E-state index in [0.717, 1.165) is 0 Å². The quantitative estimate of drug-likeness (QED) is 0.521. The summed E-state index contributed by atoms with van der Waals surface area (Å²) in [7, 11) is 0. The van der Waals surface area contributed by atoms with Crippen LogP contribution in [-0.2, 0) is 0 Å². The number of phenolic OH excluding ortho intramolecular Hbond substituents is 1. The molecule has 68 valence electrons. The topological polar surface area (TPSA) is 20.2 Å². The van der Waals surface area contributed by atoms with Crippen LogP contribution >= 0.6 is 12.6 Å². The Balaban J connectivity index is 2.89. The van der Waals surface area contributed by atoms with Crippen molar-refractivity contribution in [2.75, 3.05) is 5.75 Å². The van der Waals surface area contributed by atoms with Crippen molar-refractivity contribution in [2.45, 2.75) is 6.42 Å². The average molecular weight is 196 g/mol. The zero-order valence-corrected chi connectivity index (χ0v) is 7.81. The Kier molecular flexibility index (Phi) is 3.66. The van der Waals surface area contributed by atoms with Crippen LogP contribution in [0.2, 0.25) is 0 Å². The van der Waals surface area contributed by atoms with Crippen LogP contribution in [0.25, 0.3) is 0 Å². The number of rotatable bonds is 1. The Morgan fingerprint density at radius 2 is 2.23 bits per heavy atom. The van der Waals surface area contributed by atoms with Crippen molar-refractivity contribution in [3.05, 3.63) is 29.6 Å². The van der Waals surface area contributed by atoms with Gasteiger partial charge in [0.25, 0.3) is 0 Å². The van der Waals surface area contributed by atoms with E-state index in [1.807, 2.05) is 0 Å². The van der Waals surface area contributed by atoms with Gasteiger partial charge in [-0.1, -0.05) is 11.8 Å². The molecule has 3 heteroatoms. The average Bonchev–Trinajstić information content (AvgIpc) is 2.11. The third-order valence-corrected chi connectivity index (χ3v) is 1.63. The van der Waals surface area contributed by atoms with E-state index in [9.17, 15) is 4.39 Å². The van der Waals surface area contributed by atoms with Gasteiger partial charge in [0, 0.05) is 12.2 Å². The van der Waals surface area contributed by atoms with Gasteiger partial charge in [-0.15, -0.1) is 0 Å². The normalized spacial score (nSPS) is 9.08. The van der Waals surface area contributed by atoms with Crippen LogP contribution in [-0.4, -0.2) is 10.9 Å². The molecule has 0 heterocycles. The van der Waals surface area contributed by atoms with Gasteiger partial charge in [-0.2, -0.15) is 12.6 Å². The number of benzene rings is 1. The number of thiol groups is 1. The van der Waals surface area contributed by atoms with Crippen LogP contribution in [0, 0.1) is 17.7 Å². The number of hydrogen-bond acceptors (Lipinski definition) is 2. The zero-order chi connectivity index (χ0) is 9.68. The van der Waals surface area contributed by atoms with E-state index < -0.39 is 5.82 Å². The van der Waals surface area contributed by atoms with Crippen molar-refractivity contribution in [3.8, 4) is 17.6 Å². The second-order valence-electron chi connectivity index (χ2n) is 2.44. The summed E-state index contributed by atoms with van der Waals surface area (Å²) in [6.07, 6.45) is 0.609. The lowest BCUT2D eigenvalue weighted by Crippen LogP contribution is -1.82. The van der Waals surface area contributed by atoms with Crippen LogP contribution in [0.4, 0.5) is 4.39 Å². The van der Waals surface area contributed by atoms with Crippen LogP contribution in [0.3, 0.4) is 0 Å². The highest BCUT2D eigenvalue weighted by Crippen LogP contribution is 2.13. The predicted molar refractivity (Wildman–Crippen MR) is 53.4 cm³/mol. The van der Waals surface area contributed by atoms with E-state index in [2.05, 4.69) is 24.5 Å². The summed E-state index contributed by atoms with van der Waals surface area (Å²) in [5.74, 6) is 5.62. The molecule has 0 amide bonds. The molecule has 1 N–H and O–H groups in total. The fourth-order valence-corrected chi connectivity index (χ4v) is 0.934. The monoisotopic (exact) mass is 196 g/mol. The second kappa shape index (κ2) is 4.78. The van der Waals surface area contributed by atoms with Crippen LogP contribution in [0.5, 0.6) is 5.75 Å². The summed E-state index contributed by atoms with van der Waals surface area (Å²) in [4.78, 5) is 0. The minimum Gasteiger partial charge on any atom is -0.508 e. The predicted octanol–water partition coefficient (Wildman–Crippen LogP) is 2.20. The fourth-order valence-electron chi connectivity index (χ4n) is 0.823. The minimum atomic E-state index is -0.413. The maximum atomic E-state index is 13.0. The maximum absolute atomic E-state index is 13.0.